The Bertz CT molecular complexity index is 490. The number of benzene rings is 1. The van der Waals surface area contributed by atoms with Crippen molar-refractivity contribution in [3.05, 3.63) is 29.3 Å². The van der Waals surface area contributed by atoms with E-state index in [2.05, 4.69) is 5.32 Å². The molecule has 1 aromatic carbocycles. The molecule has 2 N–H and O–H groups in total. The zero-order valence-corrected chi connectivity index (χ0v) is 12.2. The topological polar surface area (TPSA) is 61.8 Å². The third-order valence-electron chi connectivity index (χ3n) is 3.99. The number of methoxy groups -OCH3 is 1. The highest BCUT2D eigenvalue weighted by Crippen LogP contribution is 2.36. The first kappa shape index (κ1) is 14.7. The van der Waals surface area contributed by atoms with Crippen LogP contribution in [0.4, 0.5) is 4.79 Å². The van der Waals surface area contributed by atoms with Gasteiger partial charge < -0.3 is 20.1 Å². The number of nitrogens with one attached hydrogen (secondary N) is 1. The predicted molar refractivity (Wildman–Crippen MR) is 76.9 cm³/mol. The van der Waals surface area contributed by atoms with Crippen LogP contribution in [0.2, 0.25) is 0 Å². The highest BCUT2D eigenvalue weighted by atomic mass is 16.5. The molecule has 1 aliphatic carbocycles. The van der Waals surface area contributed by atoms with E-state index in [1.54, 1.807) is 14.2 Å². The van der Waals surface area contributed by atoms with Crippen LogP contribution in [-0.4, -0.2) is 42.8 Å². The highest BCUT2D eigenvalue weighted by molar-refractivity contribution is 5.75. The molecule has 2 unspecified atom stereocenters. The molecule has 0 bridgehead atoms. The van der Waals surface area contributed by atoms with E-state index in [1.165, 1.54) is 10.5 Å². The number of likely N-dealkylation sites (N-methyl/N-ethyl adjacent to an activating group) is 1. The van der Waals surface area contributed by atoms with Gasteiger partial charge in [-0.25, -0.2) is 4.79 Å². The maximum atomic E-state index is 12.1. The second-order valence-corrected chi connectivity index (χ2v) is 5.21. The zero-order valence-electron chi connectivity index (χ0n) is 12.2. The first-order valence-corrected chi connectivity index (χ1v) is 6.88. The van der Waals surface area contributed by atoms with Gasteiger partial charge in [0, 0.05) is 7.05 Å². The summed E-state index contributed by atoms with van der Waals surface area (Å²) < 4.78 is 5.36. The second kappa shape index (κ2) is 6.13. The van der Waals surface area contributed by atoms with Gasteiger partial charge in [-0.15, -0.1) is 0 Å². The third kappa shape index (κ3) is 2.72. The molecule has 0 fully saturated rings. The summed E-state index contributed by atoms with van der Waals surface area (Å²) in [6, 6.07) is 5.59. The normalized spacial score (nSPS) is 18.3. The Labute approximate surface area is 119 Å². The van der Waals surface area contributed by atoms with Gasteiger partial charge >= 0.3 is 6.03 Å². The highest BCUT2D eigenvalue weighted by Gasteiger charge is 2.27. The number of carbonyl (C=O) groups is 1. The zero-order chi connectivity index (χ0) is 14.7. The van der Waals surface area contributed by atoms with E-state index < -0.39 is 0 Å². The third-order valence-corrected chi connectivity index (χ3v) is 3.99. The molecule has 0 aliphatic heterocycles. The average molecular weight is 278 g/mol. The lowest BCUT2D eigenvalue weighted by molar-refractivity contribution is 0.155. The summed E-state index contributed by atoms with van der Waals surface area (Å²) in [6.45, 7) is 1.77. The van der Waals surface area contributed by atoms with Crippen LogP contribution in [0, 0.1) is 0 Å². The summed E-state index contributed by atoms with van der Waals surface area (Å²) in [4.78, 5) is 13.7. The number of carbonyl (C=O) groups excluding carboxylic acids is 1. The van der Waals surface area contributed by atoms with Crippen molar-refractivity contribution in [3.8, 4) is 5.75 Å². The first-order chi connectivity index (χ1) is 9.58. The Morgan fingerprint density at radius 1 is 1.60 bits per heavy atom. The van der Waals surface area contributed by atoms with E-state index in [0.29, 0.717) is 0 Å². The number of amides is 2. The number of aliphatic hydroxyl groups excluding tert-OH is 1. The average Bonchev–Trinajstić information content (AvgIpc) is 2.88. The van der Waals surface area contributed by atoms with Gasteiger partial charge in [0.2, 0.25) is 0 Å². The number of hydrogen-bond acceptors (Lipinski definition) is 3. The number of nitrogens with zero attached hydrogens (tertiary/aromatic N) is 1. The van der Waals surface area contributed by atoms with Crippen molar-refractivity contribution in [1.82, 2.24) is 10.2 Å². The summed E-state index contributed by atoms with van der Waals surface area (Å²) in [7, 11) is 3.36. The van der Waals surface area contributed by atoms with Gasteiger partial charge in [0.1, 0.15) is 5.75 Å². The van der Waals surface area contributed by atoms with Gasteiger partial charge in [-0.3, -0.25) is 0 Å². The number of ether oxygens (including phenoxy) is 1. The quantitative estimate of drug-likeness (QED) is 0.881. The monoisotopic (exact) mass is 278 g/mol. The van der Waals surface area contributed by atoms with Crippen molar-refractivity contribution in [3.63, 3.8) is 0 Å². The van der Waals surface area contributed by atoms with Gasteiger partial charge in [-0.1, -0.05) is 12.1 Å². The molecule has 1 aromatic rings. The SMILES string of the molecule is COc1cccc2c1CCC2NC(=O)N(C)C(C)CO. The largest absolute Gasteiger partial charge is 0.496 e. The van der Waals surface area contributed by atoms with Crippen LogP contribution in [0.25, 0.3) is 0 Å². The lowest BCUT2D eigenvalue weighted by Gasteiger charge is -2.25. The van der Waals surface area contributed by atoms with E-state index in [9.17, 15) is 4.79 Å². The Morgan fingerprint density at radius 3 is 3.00 bits per heavy atom. The van der Waals surface area contributed by atoms with Crippen molar-refractivity contribution in [1.29, 1.82) is 0 Å². The maximum Gasteiger partial charge on any atom is 0.317 e. The summed E-state index contributed by atoms with van der Waals surface area (Å²) in [5.41, 5.74) is 2.31. The van der Waals surface area contributed by atoms with E-state index >= 15 is 0 Å². The molecule has 0 radical (unpaired) electrons. The Morgan fingerprint density at radius 2 is 2.35 bits per heavy atom. The first-order valence-electron chi connectivity index (χ1n) is 6.88. The lowest BCUT2D eigenvalue weighted by atomic mass is 10.1. The van der Waals surface area contributed by atoms with Crippen LogP contribution >= 0.6 is 0 Å². The molecule has 5 nitrogen and oxygen atoms in total. The number of urea groups is 1. The fraction of sp³-hybridized carbons (Fsp3) is 0.533. The predicted octanol–water partition coefficient (Wildman–Crippen LogP) is 1.70. The van der Waals surface area contributed by atoms with Gasteiger partial charge in [0.15, 0.2) is 0 Å². The Hall–Kier alpha value is -1.75. The fourth-order valence-corrected chi connectivity index (χ4v) is 2.54. The molecular formula is C15H22N2O3. The van der Waals surface area contributed by atoms with E-state index in [0.717, 1.165) is 24.2 Å². The lowest BCUT2D eigenvalue weighted by Crippen LogP contribution is -2.44. The molecule has 2 rings (SSSR count). The second-order valence-electron chi connectivity index (χ2n) is 5.21. The molecule has 0 spiro atoms. The minimum atomic E-state index is -0.193. The molecule has 2 atom stereocenters. The molecule has 0 saturated carbocycles. The van der Waals surface area contributed by atoms with Gasteiger partial charge in [-0.2, -0.15) is 0 Å². The smallest absolute Gasteiger partial charge is 0.317 e. The van der Waals surface area contributed by atoms with E-state index in [1.807, 2.05) is 25.1 Å². The van der Waals surface area contributed by atoms with Crippen LogP contribution in [0.15, 0.2) is 18.2 Å². The molecule has 110 valence electrons. The summed E-state index contributed by atoms with van der Waals surface area (Å²) >= 11 is 0. The van der Waals surface area contributed by atoms with E-state index in [4.69, 9.17) is 9.84 Å². The van der Waals surface area contributed by atoms with Gasteiger partial charge in [-0.05, 0) is 37.0 Å². The molecule has 0 heterocycles. The molecule has 0 saturated heterocycles. The number of rotatable bonds is 4. The van der Waals surface area contributed by atoms with Gasteiger partial charge in [0.25, 0.3) is 0 Å². The van der Waals surface area contributed by atoms with Crippen molar-refractivity contribution < 1.29 is 14.6 Å². The van der Waals surface area contributed by atoms with Crippen molar-refractivity contribution >= 4 is 6.03 Å². The van der Waals surface area contributed by atoms with Crippen LogP contribution in [-0.2, 0) is 6.42 Å². The Kier molecular flexibility index (Phi) is 4.49. The standard InChI is InChI=1S/C15H22N2O3/c1-10(9-18)17(2)15(19)16-13-8-7-12-11(13)5-4-6-14(12)20-3/h4-6,10,13,18H,7-9H2,1-3H3,(H,16,19). The fourth-order valence-electron chi connectivity index (χ4n) is 2.54. The van der Waals surface area contributed by atoms with Gasteiger partial charge in [0.05, 0.1) is 25.8 Å². The number of hydrogen-bond donors (Lipinski definition) is 2. The summed E-state index contributed by atoms with van der Waals surface area (Å²) in [6.07, 6.45) is 1.78. The maximum absolute atomic E-state index is 12.1. The van der Waals surface area contributed by atoms with Crippen LogP contribution in [0.5, 0.6) is 5.75 Å². The Balaban J connectivity index is 2.09. The summed E-state index contributed by atoms with van der Waals surface area (Å²) in [5, 5.41) is 12.1. The van der Waals surface area contributed by atoms with Crippen LogP contribution in [0.1, 0.15) is 30.5 Å². The number of aliphatic hydroxyl groups is 1. The van der Waals surface area contributed by atoms with E-state index in [-0.39, 0.29) is 24.7 Å². The summed E-state index contributed by atoms with van der Waals surface area (Å²) in [5.74, 6) is 0.885. The molecular weight excluding hydrogens is 256 g/mol. The van der Waals surface area contributed by atoms with Crippen molar-refractivity contribution in [2.75, 3.05) is 20.8 Å². The van der Waals surface area contributed by atoms with Crippen LogP contribution in [0.3, 0.4) is 0 Å². The molecule has 0 aromatic heterocycles. The van der Waals surface area contributed by atoms with Crippen molar-refractivity contribution in [2.24, 2.45) is 0 Å². The molecule has 2 amide bonds. The number of fused-ring (bicyclic) bond motifs is 1. The van der Waals surface area contributed by atoms with Crippen molar-refractivity contribution in [2.45, 2.75) is 31.8 Å². The minimum Gasteiger partial charge on any atom is -0.496 e. The molecule has 20 heavy (non-hydrogen) atoms. The molecule has 5 heteroatoms. The molecule has 1 aliphatic rings. The van der Waals surface area contributed by atoms with Crippen LogP contribution < -0.4 is 10.1 Å². The minimum absolute atomic E-state index is 0.0148.